The maximum absolute atomic E-state index is 12.7. The van der Waals surface area contributed by atoms with Gasteiger partial charge < -0.3 is 10.1 Å². The van der Waals surface area contributed by atoms with Crippen molar-refractivity contribution in [1.82, 2.24) is 5.32 Å². The molecule has 0 heterocycles. The number of benzene rings is 2. The fourth-order valence-corrected chi connectivity index (χ4v) is 4.70. The summed E-state index contributed by atoms with van der Waals surface area (Å²) in [6.45, 7) is 8.33. The van der Waals surface area contributed by atoms with E-state index in [0.717, 1.165) is 28.9 Å². The molecule has 2 aromatic rings. The third-order valence-corrected chi connectivity index (χ3v) is 6.54. The topological polar surface area (TPSA) is 75.7 Å². The number of carbonyl (C=O) groups excluding carboxylic acids is 1. The van der Waals surface area contributed by atoms with Crippen molar-refractivity contribution in [3.63, 3.8) is 0 Å². The summed E-state index contributed by atoms with van der Waals surface area (Å²) in [5.74, 6) is 1.10. The zero-order valence-corrected chi connectivity index (χ0v) is 20.8. The van der Waals surface area contributed by atoms with E-state index in [9.17, 15) is 13.2 Å². The van der Waals surface area contributed by atoms with E-state index in [2.05, 4.69) is 19.2 Å². The number of hydrogen-bond donors (Lipinski definition) is 1. The number of aryl methyl sites for hydroxylation is 2. The Morgan fingerprint density at radius 3 is 2.31 bits per heavy atom. The molecule has 0 saturated carbocycles. The van der Waals surface area contributed by atoms with E-state index in [1.165, 1.54) is 10.6 Å². The SMILES string of the molecule is COc1ccc([C@H](CC(C)C)NC(=O)CCCN(c2cc(C)ccc2C)S(C)(=O)=O)cc1. The Morgan fingerprint density at radius 1 is 1.09 bits per heavy atom. The average molecular weight is 461 g/mol. The Kier molecular flexibility index (Phi) is 9.13. The summed E-state index contributed by atoms with van der Waals surface area (Å²) in [7, 11) is -1.83. The number of ether oxygens (including phenoxy) is 1. The van der Waals surface area contributed by atoms with Crippen LogP contribution in [-0.4, -0.2) is 34.2 Å². The lowest BCUT2D eigenvalue weighted by atomic mass is 9.96. The summed E-state index contributed by atoms with van der Waals surface area (Å²) in [5.41, 5.74) is 3.58. The lowest BCUT2D eigenvalue weighted by Crippen LogP contribution is -2.33. The molecule has 1 atom stereocenters. The monoisotopic (exact) mass is 460 g/mol. The Morgan fingerprint density at radius 2 is 1.75 bits per heavy atom. The molecule has 0 aliphatic rings. The van der Waals surface area contributed by atoms with Crippen molar-refractivity contribution in [2.24, 2.45) is 5.92 Å². The molecule has 6 nitrogen and oxygen atoms in total. The first kappa shape index (κ1) is 25.7. The number of rotatable bonds is 11. The molecule has 0 unspecified atom stereocenters. The van der Waals surface area contributed by atoms with Gasteiger partial charge in [-0.3, -0.25) is 9.10 Å². The number of hydrogen-bond acceptors (Lipinski definition) is 4. The maximum Gasteiger partial charge on any atom is 0.232 e. The summed E-state index contributed by atoms with van der Waals surface area (Å²) in [6.07, 6.45) is 2.71. The lowest BCUT2D eigenvalue weighted by Gasteiger charge is -2.25. The molecular formula is C25H36N2O4S. The standard InChI is InChI=1S/C25H36N2O4S/c1-18(2)16-23(21-11-13-22(31-5)14-12-21)26-25(28)8-7-15-27(32(6,29)30)24-17-19(3)9-10-20(24)4/h9-14,17-18,23H,7-8,15-16H2,1-6H3,(H,26,28)/t23-/m0/s1. The van der Waals surface area contributed by atoms with Gasteiger partial charge in [0.05, 0.1) is 25.1 Å². The second-order valence-electron chi connectivity index (χ2n) is 8.75. The molecule has 0 spiro atoms. The third-order valence-electron chi connectivity index (χ3n) is 5.36. The van der Waals surface area contributed by atoms with E-state index in [1.54, 1.807) is 7.11 Å². The molecule has 0 fully saturated rings. The van der Waals surface area contributed by atoms with Gasteiger partial charge in [0, 0.05) is 13.0 Å². The Labute approximate surface area is 193 Å². The number of sulfonamides is 1. The van der Waals surface area contributed by atoms with E-state index >= 15 is 0 Å². The van der Waals surface area contributed by atoms with Crippen molar-refractivity contribution in [3.8, 4) is 5.75 Å². The minimum atomic E-state index is -3.45. The van der Waals surface area contributed by atoms with Crippen molar-refractivity contribution in [3.05, 3.63) is 59.2 Å². The normalized spacial score (nSPS) is 12.5. The molecule has 2 rings (SSSR count). The summed E-state index contributed by atoms with van der Waals surface area (Å²) >= 11 is 0. The van der Waals surface area contributed by atoms with Crippen molar-refractivity contribution >= 4 is 21.6 Å². The minimum absolute atomic E-state index is 0.0825. The molecule has 0 aliphatic carbocycles. The lowest BCUT2D eigenvalue weighted by molar-refractivity contribution is -0.122. The second kappa shape index (κ2) is 11.4. The molecule has 176 valence electrons. The van der Waals surface area contributed by atoms with Crippen LogP contribution in [0.15, 0.2) is 42.5 Å². The summed E-state index contributed by atoms with van der Waals surface area (Å²) in [6, 6.07) is 13.4. The van der Waals surface area contributed by atoms with Crippen LogP contribution in [0.5, 0.6) is 5.75 Å². The Balaban J connectivity index is 2.05. The van der Waals surface area contributed by atoms with Crippen molar-refractivity contribution < 1.29 is 17.9 Å². The van der Waals surface area contributed by atoms with Gasteiger partial charge in [-0.15, -0.1) is 0 Å². The summed E-state index contributed by atoms with van der Waals surface area (Å²) in [4.78, 5) is 12.7. The van der Waals surface area contributed by atoms with E-state index in [-0.39, 0.29) is 24.9 Å². The van der Waals surface area contributed by atoms with Crippen LogP contribution < -0.4 is 14.4 Å². The van der Waals surface area contributed by atoms with Gasteiger partial charge in [0.15, 0.2) is 0 Å². The Hall–Kier alpha value is -2.54. The van der Waals surface area contributed by atoms with Gasteiger partial charge in [-0.05, 0) is 67.5 Å². The highest BCUT2D eigenvalue weighted by molar-refractivity contribution is 7.92. The van der Waals surface area contributed by atoms with Crippen LogP contribution in [0.2, 0.25) is 0 Å². The molecule has 0 aromatic heterocycles. The molecule has 1 N–H and O–H groups in total. The van der Waals surface area contributed by atoms with Gasteiger partial charge in [-0.1, -0.05) is 38.1 Å². The van der Waals surface area contributed by atoms with Crippen LogP contribution >= 0.6 is 0 Å². The zero-order chi connectivity index (χ0) is 23.9. The van der Waals surface area contributed by atoms with Gasteiger partial charge in [0.2, 0.25) is 15.9 Å². The van der Waals surface area contributed by atoms with Crippen LogP contribution in [-0.2, 0) is 14.8 Å². The van der Waals surface area contributed by atoms with E-state index < -0.39 is 10.0 Å². The first-order valence-corrected chi connectivity index (χ1v) is 12.8. The highest BCUT2D eigenvalue weighted by Gasteiger charge is 2.21. The predicted octanol–water partition coefficient (Wildman–Crippen LogP) is 4.76. The van der Waals surface area contributed by atoms with E-state index in [4.69, 9.17) is 4.74 Å². The highest BCUT2D eigenvalue weighted by Crippen LogP contribution is 2.26. The van der Waals surface area contributed by atoms with Crippen LogP contribution in [0.1, 0.15) is 55.8 Å². The molecule has 0 aliphatic heterocycles. The van der Waals surface area contributed by atoms with Crippen LogP contribution in [0.4, 0.5) is 5.69 Å². The molecule has 32 heavy (non-hydrogen) atoms. The van der Waals surface area contributed by atoms with Crippen molar-refractivity contribution in [1.29, 1.82) is 0 Å². The smallest absolute Gasteiger partial charge is 0.232 e. The predicted molar refractivity (Wildman–Crippen MR) is 131 cm³/mol. The highest BCUT2D eigenvalue weighted by atomic mass is 32.2. The van der Waals surface area contributed by atoms with Gasteiger partial charge in [-0.2, -0.15) is 0 Å². The molecule has 1 amide bonds. The van der Waals surface area contributed by atoms with Crippen LogP contribution in [0.3, 0.4) is 0 Å². The van der Waals surface area contributed by atoms with E-state index in [1.807, 2.05) is 56.3 Å². The maximum atomic E-state index is 12.7. The van der Waals surface area contributed by atoms with E-state index in [0.29, 0.717) is 18.0 Å². The van der Waals surface area contributed by atoms with Crippen molar-refractivity contribution in [2.75, 3.05) is 24.2 Å². The van der Waals surface area contributed by atoms with Gasteiger partial charge in [0.25, 0.3) is 0 Å². The van der Waals surface area contributed by atoms with Crippen LogP contribution in [0.25, 0.3) is 0 Å². The first-order valence-electron chi connectivity index (χ1n) is 11.0. The number of amides is 1. The molecule has 0 bridgehead atoms. The molecule has 7 heteroatoms. The number of carbonyl (C=O) groups is 1. The molecule has 0 saturated heterocycles. The third kappa shape index (κ3) is 7.55. The van der Waals surface area contributed by atoms with Crippen molar-refractivity contribution in [2.45, 2.75) is 53.0 Å². The molecular weight excluding hydrogens is 424 g/mol. The Bertz CT molecular complexity index is 1000. The van der Waals surface area contributed by atoms with Gasteiger partial charge >= 0.3 is 0 Å². The fraction of sp³-hybridized carbons (Fsp3) is 0.480. The van der Waals surface area contributed by atoms with Crippen LogP contribution in [0, 0.1) is 19.8 Å². The minimum Gasteiger partial charge on any atom is -0.497 e. The molecule has 0 radical (unpaired) electrons. The number of nitrogens with zero attached hydrogens (tertiary/aromatic N) is 1. The van der Waals surface area contributed by atoms with Gasteiger partial charge in [-0.25, -0.2) is 8.42 Å². The first-order chi connectivity index (χ1) is 15.0. The molecule has 2 aromatic carbocycles. The second-order valence-corrected chi connectivity index (χ2v) is 10.7. The zero-order valence-electron chi connectivity index (χ0n) is 20.0. The quantitative estimate of drug-likeness (QED) is 0.524. The average Bonchev–Trinajstić information content (AvgIpc) is 2.71. The fourth-order valence-electron chi connectivity index (χ4n) is 3.69. The summed E-state index contributed by atoms with van der Waals surface area (Å²) < 4.78 is 31.5. The summed E-state index contributed by atoms with van der Waals surface area (Å²) in [5, 5.41) is 3.13. The number of methoxy groups -OCH3 is 1. The van der Waals surface area contributed by atoms with Gasteiger partial charge in [0.1, 0.15) is 5.75 Å². The number of anilines is 1. The largest absolute Gasteiger partial charge is 0.497 e. The number of nitrogens with one attached hydrogen (secondary N) is 1.